The first-order valence-electron chi connectivity index (χ1n) is 20.9. The highest BCUT2D eigenvalue weighted by atomic mass is 31.2. The van der Waals surface area contributed by atoms with Crippen LogP contribution in [0.4, 0.5) is 0 Å². The summed E-state index contributed by atoms with van der Waals surface area (Å²) in [4.78, 5) is 34.9. The van der Waals surface area contributed by atoms with Gasteiger partial charge < -0.3 is 24.6 Å². The minimum Gasteiger partial charge on any atom is -0.462 e. The van der Waals surface area contributed by atoms with E-state index in [1.54, 1.807) is 0 Å². The number of phosphoric acid groups is 1. The summed E-state index contributed by atoms with van der Waals surface area (Å²) in [6.45, 7) is 2.31. The van der Waals surface area contributed by atoms with E-state index in [0.717, 1.165) is 51.4 Å². The number of carbonyl (C=O) groups excluding carboxylic acids is 2. The minimum absolute atomic E-state index is 0.137. The highest BCUT2D eigenvalue weighted by Gasteiger charge is 2.27. The average molecular weight is 773 g/mol. The van der Waals surface area contributed by atoms with Crippen molar-refractivity contribution in [2.24, 2.45) is 0 Å². The largest absolute Gasteiger partial charge is 0.472 e. The Morgan fingerprint density at radius 3 is 1.51 bits per heavy atom. The Morgan fingerprint density at radius 1 is 0.566 bits per heavy atom. The molecule has 10 nitrogen and oxygen atoms in total. The number of esters is 2. The van der Waals surface area contributed by atoms with E-state index < -0.39 is 51.8 Å². The molecule has 53 heavy (non-hydrogen) atoms. The highest BCUT2D eigenvalue weighted by molar-refractivity contribution is 7.47. The summed E-state index contributed by atoms with van der Waals surface area (Å²) in [7, 11) is -4.62. The Labute approximate surface area is 322 Å². The first-order valence-corrected chi connectivity index (χ1v) is 22.4. The van der Waals surface area contributed by atoms with Crippen LogP contribution in [0, 0.1) is 0 Å². The van der Waals surface area contributed by atoms with Gasteiger partial charge in [0.15, 0.2) is 6.10 Å². The van der Waals surface area contributed by atoms with Crippen molar-refractivity contribution in [3.8, 4) is 0 Å². The van der Waals surface area contributed by atoms with Gasteiger partial charge in [-0.1, -0.05) is 153 Å². The van der Waals surface area contributed by atoms with Crippen LogP contribution in [-0.2, 0) is 32.7 Å². The Kier molecular flexibility index (Phi) is 37.2. The fourth-order valence-electron chi connectivity index (χ4n) is 5.53. The van der Waals surface area contributed by atoms with Crippen molar-refractivity contribution < 1.29 is 47.8 Å². The fourth-order valence-corrected chi connectivity index (χ4v) is 6.32. The van der Waals surface area contributed by atoms with Crippen molar-refractivity contribution in [2.45, 2.75) is 193 Å². The number of aliphatic hydroxyl groups is 2. The minimum atomic E-state index is -4.62. The van der Waals surface area contributed by atoms with Gasteiger partial charge in [-0.15, -0.1) is 0 Å². The Hall–Kier alpha value is -1.81. The number of phosphoric ester groups is 1. The summed E-state index contributed by atoms with van der Waals surface area (Å²) in [5.41, 5.74) is 0. The Balaban J connectivity index is 4.37. The molecule has 0 radical (unpaired) electrons. The molecule has 0 saturated heterocycles. The molecule has 0 aromatic rings. The molecule has 0 aliphatic heterocycles. The first-order chi connectivity index (χ1) is 25.7. The lowest BCUT2D eigenvalue weighted by atomic mass is 10.0. The van der Waals surface area contributed by atoms with Gasteiger partial charge in [0.05, 0.1) is 19.8 Å². The van der Waals surface area contributed by atoms with Gasteiger partial charge in [-0.3, -0.25) is 18.6 Å². The van der Waals surface area contributed by atoms with Crippen molar-refractivity contribution in [3.05, 3.63) is 36.5 Å². The van der Waals surface area contributed by atoms with Gasteiger partial charge in [0.2, 0.25) is 0 Å². The summed E-state index contributed by atoms with van der Waals surface area (Å²) >= 11 is 0. The zero-order valence-corrected chi connectivity index (χ0v) is 34.4. The summed E-state index contributed by atoms with van der Waals surface area (Å²) < 4.78 is 32.6. The number of rotatable bonds is 39. The molecular weight excluding hydrogens is 695 g/mol. The van der Waals surface area contributed by atoms with Crippen molar-refractivity contribution in [2.75, 3.05) is 26.4 Å². The molecular formula is C42H77O10P. The number of hydrogen-bond donors (Lipinski definition) is 3. The molecule has 3 unspecified atom stereocenters. The third-order valence-electron chi connectivity index (χ3n) is 8.80. The van der Waals surface area contributed by atoms with Crippen molar-refractivity contribution in [1.29, 1.82) is 0 Å². The van der Waals surface area contributed by atoms with E-state index in [9.17, 15) is 24.2 Å². The van der Waals surface area contributed by atoms with Crippen LogP contribution in [0.15, 0.2) is 36.5 Å². The molecule has 3 atom stereocenters. The number of aliphatic hydroxyl groups excluding tert-OH is 2. The maximum atomic E-state index is 12.6. The zero-order valence-electron chi connectivity index (χ0n) is 33.5. The van der Waals surface area contributed by atoms with E-state index in [2.05, 4.69) is 54.8 Å². The van der Waals surface area contributed by atoms with Gasteiger partial charge in [-0.05, 0) is 51.4 Å². The summed E-state index contributed by atoms with van der Waals surface area (Å²) in [5.74, 6) is -0.966. The highest BCUT2D eigenvalue weighted by Crippen LogP contribution is 2.43. The van der Waals surface area contributed by atoms with Crippen LogP contribution in [0.2, 0.25) is 0 Å². The van der Waals surface area contributed by atoms with Crippen LogP contribution in [0.5, 0.6) is 0 Å². The van der Waals surface area contributed by atoms with Crippen LogP contribution in [0.1, 0.15) is 181 Å². The van der Waals surface area contributed by atoms with Gasteiger partial charge in [0.25, 0.3) is 0 Å². The molecule has 0 bridgehead atoms. The number of hydrogen-bond acceptors (Lipinski definition) is 9. The van der Waals surface area contributed by atoms with Gasteiger partial charge in [-0.2, -0.15) is 0 Å². The van der Waals surface area contributed by atoms with E-state index in [-0.39, 0.29) is 19.4 Å². The summed E-state index contributed by atoms with van der Waals surface area (Å²) in [6, 6.07) is 0. The SMILES string of the molecule is CCCCCC=CCC=CCC=CCCCCC(=O)OC(COC(=O)CCCCCCCCCCCCCCCCC)COP(=O)(O)OCC(O)CO. The van der Waals surface area contributed by atoms with Crippen LogP contribution in [0.3, 0.4) is 0 Å². The lowest BCUT2D eigenvalue weighted by Crippen LogP contribution is -2.29. The van der Waals surface area contributed by atoms with Crippen LogP contribution >= 0.6 is 7.82 Å². The molecule has 0 aromatic heterocycles. The maximum Gasteiger partial charge on any atom is 0.472 e. The lowest BCUT2D eigenvalue weighted by molar-refractivity contribution is -0.161. The average Bonchev–Trinajstić information content (AvgIpc) is 3.14. The third kappa shape index (κ3) is 38.3. The van der Waals surface area contributed by atoms with Crippen LogP contribution in [0.25, 0.3) is 0 Å². The van der Waals surface area contributed by atoms with E-state index in [4.69, 9.17) is 19.1 Å². The van der Waals surface area contributed by atoms with Crippen LogP contribution in [-0.4, -0.2) is 65.7 Å². The molecule has 0 aromatic carbocycles. The van der Waals surface area contributed by atoms with E-state index >= 15 is 0 Å². The molecule has 0 heterocycles. The number of unbranched alkanes of at least 4 members (excludes halogenated alkanes) is 19. The molecule has 0 aliphatic carbocycles. The molecule has 0 amide bonds. The van der Waals surface area contributed by atoms with Gasteiger partial charge >= 0.3 is 19.8 Å². The third-order valence-corrected chi connectivity index (χ3v) is 9.75. The Morgan fingerprint density at radius 2 is 0.981 bits per heavy atom. The number of allylic oxidation sites excluding steroid dienone is 6. The molecule has 0 saturated carbocycles. The topological polar surface area (TPSA) is 149 Å². The van der Waals surface area contributed by atoms with Gasteiger partial charge in [-0.25, -0.2) is 4.57 Å². The van der Waals surface area contributed by atoms with Gasteiger partial charge in [0.1, 0.15) is 12.7 Å². The van der Waals surface area contributed by atoms with E-state index in [0.29, 0.717) is 12.8 Å². The molecule has 3 N–H and O–H groups in total. The zero-order chi connectivity index (χ0) is 39.1. The van der Waals surface area contributed by atoms with Crippen LogP contribution < -0.4 is 0 Å². The second kappa shape index (κ2) is 38.5. The molecule has 11 heteroatoms. The van der Waals surface area contributed by atoms with Gasteiger partial charge in [0, 0.05) is 12.8 Å². The maximum absolute atomic E-state index is 12.6. The van der Waals surface area contributed by atoms with Crippen molar-refractivity contribution in [3.63, 3.8) is 0 Å². The quantitative estimate of drug-likeness (QED) is 0.0238. The number of ether oxygens (including phenoxy) is 2. The Bertz CT molecular complexity index is 983. The monoisotopic (exact) mass is 773 g/mol. The first kappa shape index (κ1) is 51.2. The smallest absolute Gasteiger partial charge is 0.462 e. The van der Waals surface area contributed by atoms with Crippen molar-refractivity contribution in [1.82, 2.24) is 0 Å². The molecule has 0 fully saturated rings. The summed E-state index contributed by atoms with van der Waals surface area (Å²) in [6.07, 6.45) is 38.3. The molecule has 310 valence electrons. The number of carbonyl (C=O) groups is 2. The normalized spacial score (nSPS) is 14.3. The second-order valence-corrected chi connectivity index (χ2v) is 15.5. The fraction of sp³-hybridized carbons (Fsp3) is 0.810. The predicted molar refractivity (Wildman–Crippen MR) is 214 cm³/mol. The molecule has 0 rings (SSSR count). The molecule has 0 spiro atoms. The van der Waals surface area contributed by atoms with E-state index in [1.165, 1.54) is 89.9 Å². The second-order valence-electron chi connectivity index (χ2n) is 14.0. The summed E-state index contributed by atoms with van der Waals surface area (Å²) in [5, 5.41) is 18.3. The van der Waals surface area contributed by atoms with Crippen molar-refractivity contribution >= 4 is 19.8 Å². The molecule has 0 aliphatic rings. The standard InChI is InChI=1S/C42H77O10P/c1-3-5-7-9-11-13-15-17-19-21-23-25-27-29-31-33-41(45)49-37-40(38-51-53(47,48)50-36-39(44)35-43)52-42(46)34-32-30-28-26-24-22-20-18-16-14-12-10-8-6-4-2/h12,14,18,20,24,26,39-40,43-44H,3-11,13,15-17,19,21-23,25,27-38H2,1-2H3,(H,47,48). The predicted octanol–water partition coefficient (Wildman–Crippen LogP) is 10.8. The lowest BCUT2D eigenvalue weighted by Gasteiger charge is -2.20. The van der Waals surface area contributed by atoms with E-state index in [1.807, 2.05) is 0 Å².